The maximum atomic E-state index is 13.3. The van der Waals surface area contributed by atoms with Crippen LogP contribution in [0.25, 0.3) is 0 Å². The van der Waals surface area contributed by atoms with Crippen LogP contribution in [0.2, 0.25) is 5.02 Å². The van der Waals surface area contributed by atoms with Crippen LogP contribution in [0.5, 0.6) is 0 Å². The van der Waals surface area contributed by atoms with Crippen LogP contribution in [0.1, 0.15) is 24.0 Å². The fraction of sp³-hybridized carbons (Fsp3) is 0.185. The van der Waals surface area contributed by atoms with Gasteiger partial charge in [-0.3, -0.25) is 9.59 Å². The molecule has 0 spiro atoms. The van der Waals surface area contributed by atoms with Gasteiger partial charge >= 0.3 is 0 Å². The Balaban J connectivity index is 1.58. The van der Waals surface area contributed by atoms with Crippen LogP contribution in [0.15, 0.2) is 81.6 Å². The number of allylic oxidation sites excluding steroid dienone is 1. The fourth-order valence-corrected chi connectivity index (χ4v) is 5.72. The van der Waals surface area contributed by atoms with E-state index in [0.717, 1.165) is 11.1 Å². The largest absolute Gasteiger partial charge is 0.325 e. The van der Waals surface area contributed by atoms with Crippen LogP contribution in [0.4, 0.5) is 11.4 Å². The average Bonchev–Trinajstić information content (AvgIpc) is 3.40. The molecule has 0 fully saturated rings. The van der Waals surface area contributed by atoms with Gasteiger partial charge in [0, 0.05) is 33.6 Å². The highest BCUT2D eigenvalue weighted by Crippen LogP contribution is 2.42. The first-order valence-electron chi connectivity index (χ1n) is 11.1. The number of nitriles is 1. The van der Waals surface area contributed by atoms with Crippen LogP contribution in [0.3, 0.4) is 0 Å². The van der Waals surface area contributed by atoms with Crippen molar-refractivity contribution in [2.24, 2.45) is 10.9 Å². The smallest absolute Gasteiger partial charge is 0.254 e. The molecule has 0 aliphatic carbocycles. The van der Waals surface area contributed by atoms with Crippen LogP contribution in [0, 0.1) is 24.2 Å². The summed E-state index contributed by atoms with van der Waals surface area (Å²) in [5.74, 6) is -1.66. The Morgan fingerprint density at radius 2 is 1.89 bits per heavy atom. The number of thioether (sulfide) groups is 1. The topological polar surface area (TPSA) is 94.4 Å². The molecular weight excluding hydrogens is 512 g/mol. The van der Waals surface area contributed by atoms with Crippen molar-refractivity contribution in [2.45, 2.75) is 19.8 Å². The molecule has 1 aliphatic rings. The summed E-state index contributed by atoms with van der Waals surface area (Å²) in [5, 5.41) is 20.9. The molecule has 6 nitrogen and oxygen atoms in total. The summed E-state index contributed by atoms with van der Waals surface area (Å²) in [6.07, 6.45) is 0. The van der Waals surface area contributed by atoms with Gasteiger partial charge in [-0.15, -0.1) is 0 Å². The summed E-state index contributed by atoms with van der Waals surface area (Å²) in [5.41, 5.74) is 4.04. The van der Waals surface area contributed by atoms with Gasteiger partial charge in [-0.2, -0.15) is 16.6 Å². The summed E-state index contributed by atoms with van der Waals surface area (Å²) in [6, 6.07) is 18.8. The Labute approximate surface area is 223 Å². The minimum Gasteiger partial charge on any atom is -0.325 e. The first-order valence-corrected chi connectivity index (χ1v) is 13.4. The van der Waals surface area contributed by atoms with Crippen molar-refractivity contribution in [3.63, 3.8) is 0 Å². The minimum atomic E-state index is -0.702. The second-order valence-electron chi connectivity index (χ2n) is 8.21. The van der Waals surface area contributed by atoms with E-state index in [-0.39, 0.29) is 17.6 Å². The van der Waals surface area contributed by atoms with Crippen LogP contribution >= 0.6 is 34.7 Å². The number of hydrogen-bond acceptors (Lipinski definition) is 6. The molecule has 2 N–H and O–H groups in total. The number of hydrogen-bond donors (Lipinski definition) is 2. The van der Waals surface area contributed by atoms with E-state index < -0.39 is 11.8 Å². The summed E-state index contributed by atoms with van der Waals surface area (Å²) in [7, 11) is 0. The van der Waals surface area contributed by atoms with Crippen molar-refractivity contribution >= 4 is 62.9 Å². The van der Waals surface area contributed by atoms with Gasteiger partial charge in [0.05, 0.1) is 16.9 Å². The highest BCUT2D eigenvalue weighted by Gasteiger charge is 2.39. The van der Waals surface area contributed by atoms with Gasteiger partial charge < -0.3 is 10.6 Å². The summed E-state index contributed by atoms with van der Waals surface area (Å²) in [6.45, 7) is 3.66. The van der Waals surface area contributed by atoms with E-state index in [1.165, 1.54) is 23.1 Å². The lowest BCUT2D eigenvalue weighted by atomic mass is 9.79. The summed E-state index contributed by atoms with van der Waals surface area (Å²) in [4.78, 5) is 30.6. The molecule has 182 valence electrons. The van der Waals surface area contributed by atoms with Crippen LogP contribution in [-0.2, 0) is 9.59 Å². The normalized spacial score (nSPS) is 17.2. The Morgan fingerprint density at radius 3 is 2.56 bits per heavy atom. The predicted molar refractivity (Wildman–Crippen MR) is 149 cm³/mol. The number of halogens is 1. The molecule has 2 heterocycles. The standard InChI is InChI=1S/C27H23ClN4O2S2/c1-16-8-9-20(12-22(16)28)31-23(33)15-36-27-21(13-29)25(18-10-11-35-14-18)24(17(2)30-27)26(34)32-19-6-4-3-5-7-19/h3-12,14,21,25H,15H2,1-2H3,(H,31,33)(H,32,34). The zero-order valence-electron chi connectivity index (χ0n) is 19.6. The number of benzene rings is 2. The third-order valence-electron chi connectivity index (χ3n) is 5.70. The quantitative estimate of drug-likeness (QED) is 0.371. The number of aliphatic imine (C=N–C) groups is 1. The van der Waals surface area contributed by atoms with E-state index in [2.05, 4.69) is 21.7 Å². The number of para-hydroxylation sites is 1. The van der Waals surface area contributed by atoms with Gasteiger partial charge in [0.1, 0.15) is 5.92 Å². The number of rotatable bonds is 6. The number of nitrogens with zero attached hydrogens (tertiary/aromatic N) is 2. The number of aryl methyl sites for hydroxylation is 1. The molecule has 0 saturated heterocycles. The third-order valence-corrected chi connectivity index (χ3v) is 7.86. The maximum absolute atomic E-state index is 13.3. The van der Waals surface area contributed by atoms with Crippen LogP contribution in [-0.4, -0.2) is 22.6 Å². The van der Waals surface area contributed by atoms with Crippen LogP contribution < -0.4 is 10.6 Å². The SMILES string of the molecule is CC1=C(C(=O)Nc2ccccc2)C(c2ccsc2)C(C#N)C(SCC(=O)Nc2ccc(C)c(Cl)c2)=N1. The summed E-state index contributed by atoms with van der Waals surface area (Å²) >= 11 is 8.87. The van der Waals surface area contributed by atoms with E-state index in [4.69, 9.17) is 11.6 Å². The molecule has 2 amide bonds. The van der Waals surface area contributed by atoms with E-state index in [1.807, 2.05) is 60.1 Å². The maximum Gasteiger partial charge on any atom is 0.254 e. The highest BCUT2D eigenvalue weighted by atomic mass is 35.5. The van der Waals surface area contributed by atoms with Gasteiger partial charge in [0.25, 0.3) is 5.91 Å². The molecule has 0 radical (unpaired) electrons. The lowest BCUT2D eigenvalue weighted by Crippen LogP contribution is -2.31. The van der Waals surface area contributed by atoms with Crippen molar-refractivity contribution in [1.29, 1.82) is 5.26 Å². The molecule has 9 heteroatoms. The zero-order valence-corrected chi connectivity index (χ0v) is 22.0. The first-order chi connectivity index (χ1) is 17.4. The van der Waals surface area contributed by atoms with Crippen molar-refractivity contribution in [3.8, 4) is 6.07 Å². The lowest BCUT2D eigenvalue weighted by Gasteiger charge is -2.29. The molecule has 2 unspecified atom stereocenters. The van der Waals surface area contributed by atoms with E-state index in [0.29, 0.717) is 32.7 Å². The fourth-order valence-electron chi connectivity index (χ4n) is 3.92. The second-order valence-corrected chi connectivity index (χ2v) is 10.4. The number of amides is 2. The number of carbonyl (C=O) groups excluding carboxylic acids is 2. The molecule has 1 aromatic heterocycles. The Kier molecular flexibility index (Phi) is 8.26. The average molecular weight is 535 g/mol. The first kappa shape index (κ1) is 25.7. The molecule has 2 aromatic carbocycles. The number of anilines is 2. The van der Waals surface area contributed by atoms with Gasteiger partial charge in [-0.25, -0.2) is 4.99 Å². The predicted octanol–water partition coefficient (Wildman–Crippen LogP) is 6.63. The Bertz CT molecular complexity index is 1380. The number of nitrogens with one attached hydrogen (secondary N) is 2. The molecule has 1 aliphatic heterocycles. The van der Waals surface area contributed by atoms with Gasteiger partial charge in [-0.05, 0) is 66.1 Å². The molecule has 36 heavy (non-hydrogen) atoms. The number of thiophene rings is 1. The van der Waals surface area contributed by atoms with Crippen molar-refractivity contribution < 1.29 is 9.59 Å². The number of carbonyl (C=O) groups is 2. The Hall–Kier alpha value is -3.38. The zero-order chi connectivity index (χ0) is 25.7. The van der Waals surface area contributed by atoms with E-state index >= 15 is 0 Å². The summed E-state index contributed by atoms with van der Waals surface area (Å²) < 4.78 is 0. The van der Waals surface area contributed by atoms with E-state index in [1.54, 1.807) is 19.1 Å². The van der Waals surface area contributed by atoms with Gasteiger partial charge in [-0.1, -0.05) is 47.6 Å². The molecule has 3 aromatic rings. The van der Waals surface area contributed by atoms with Gasteiger partial charge in [0.2, 0.25) is 5.91 Å². The lowest BCUT2D eigenvalue weighted by molar-refractivity contribution is -0.114. The highest BCUT2D eigenvalue weighted by molar-refractivity contribution is 8.14. The van der Waals surface area contributed by atoms with Crippen molar-refractivity contribution in [3.05, 3.63) is 92.8 Å². The van der Waals surface area contributed by atoms with Crippen molar-refractivity contribution in [1.82, 2.24) is 0 Å². The monoisotopic (exact) mass is 534 g/mol. The van der Waals surface area contributed by atoms with Crippen molar-refractivity contribution in [2.75, 3.05) is 16.4 Å². The molecular formula is C27H23ClN4O2S2. The van der Waals surface area contributed by atoms with Gasteiger partial charge in [0.15, 0.2) is 0 Å². The molecule has 2 atom stereocenters. The molecule has 4 rings (SSSR count). The second kappa shape index (κ2) is 11.6. The Morgan fingerprint density at radius 1 is 1.11 bits per heavy atom. The molecule has 0 bridgehead atoms. The third kappa shape index (κ3) is 5.88. The molecule has 0 saturated carbocycles. The van der Waals surface area contributed by atoms with E-state index in [9.17, 15) is 14.9 Å². The minimum absolute atomic E-state index is 0.0672.